The van der Waals surface area contributed by atoms with Gasteiger partial charge in [-0.1, -0.05) is 6.42 Å². The van der Waals surface area contributed by atoms with Crippen molar-refractivity contribution in [2.24, 2.45) is 13.0 Å². The van der Waals surface area contributed by atoms with Crippen LogP contribution < -0.4 is 5.32 Å². The van der Waals surface area contributed by atoms with Crippen molar-refractivity contribution in [2.75, 3.05) is 12.8 Å². The van der Waals surface area contributed by atoms with E-state index in [-0.39, 0.29) is 5.54 Å². The van der Waals surface area contributed by atoms with E-state index >= 15 is 0 Å². The molecular formula is C13H20N4S. The first-order chi connectivity index (χ1) is 8.70. The van der Waals surface area contributed by atoms with Gasteiger partial charge in [0.1, 0.15) is 5.54 Å². The van der Waals surface area contributed by atoms with Crippen LogP contribution in [-0.2, 0) is 7.05 Å². The average Bonchev–Trinajstić information content (AvgIpc) is 2.97. The van der Waals surface area contributed by atoms with E-state index in [1.807, 2.05) is 42.9 Å². The second-order valence-electron chi connectivity index (χ2n) is 4.91. The van der Waals surface area contributed by atoms with Crippen molar-refractivity contribution >= 4 is 11.8 Å². The monoisotopic (exact) mass is 264 g/mol. The third-order valence-corrected chi connectivity index (χ3v) is 4.87. The van der Waals surface area contributed by atoms with Crippen molar-refractivity contribution in [2.45, 2.75) is 36.1 Å². The van der Waals surface area contributed by atoms with E-state index < -0.39 is 0 Å². The number of nitriles is 1. The van der Waals surface area contributed by atoms with Gasteiger partial charge in [-0.2, -0.15) is 10.4 Å². The number of aryl methyl sites for hydroxylation is 1. The third-order valence-electron chi connectivity index (χ3n) is 3.88. The van der Waals surface area contributed by atoms with Gasteiger partial charge < -0.3 is 5.32 Å². The van der Waals surface area contributed by atoms with Gasteiger partial charge in [-0.05, 0) is 38.0 Å². The normalized spacial score (nSPS) is 27.3. The zero-order chi connectivity index (χ0) is 13.0. The first kappa shape index (κ1) is 13.4. The van der Waals surface area contributed by atoms with Crippen molar-refractivity contribution in [3.63, 3.8) is 0 Å². The summed E-state index contributed by atoms with van der Waals surface area (Å²) in [5.41, 5.74) is -0.282. The van der Waals surface area contributed by atoms with Gasteiger partial charge in [-0.3, -0.25) is 4.68 Å². The summed E-state index contributed by atoms with van der Waals surface area (Å²) in [4.78, 5) is 1.21. The molecule has 0 bridgehead atoms. The minimum Gasteiger partial charge on any atom is -0.302 e. The van der Waals surface area contributed by atoms with Crippen molar-refractivity contribution in [1.82, 2.24) is 15.1 Å². The summed E-state index contributed by atoms with van der Waals surface area (Å²) in [7, 11) is 3.85. The molecule has 1 aliphatic carbocycles. The second-order valence-corrected chi connectivity index (χ2v) is 6.08. The van der Waals surface area contributed by atoms with Gasteiger partial charge in [0, 0.05) is 18.1 Å². The lowest BCUT2D eigenvalue weighted by Crippen LogP contribution is -2.44. The van der Waals surface area contributed by atoms with Gasteiger partial charge in [-0.15, -0.1) is 11.8 Å². The summed E-state index contributed by atoms with van der Waals surface area (Å²) >= 11 is 1.83. The fraction of sp³-hybridized carbons (Fsp3) is 0.692. The van der Waals surface area contributed by atoms with Crippen LogP contribution in [0.15, 0.2) is 17.3 Å². The Kier molecular flexibility index (Phi) is 4.31. The van der Waals surface area contributed by atoms with Gasteiger partial charge in [0.15, 0.2) is 0 Å². The number of nitrogens with zero attached hydrogens (tertiary/aromatic N) is 3. The Hall–Kier alpha value is -0.990. The SMILES string of the molecule is CNC1(C#N)CCCC1CCSc1cnn(C)c1. The molecule has 1 N–H and O–H groups in total. The number of rotatable bonds is 5. The van der Waals surface area contributed by atoms with Gasteiger partial charge in [0.05, 0.1) is 12.3 Å². The minimum atomic E-state index is -0.282. The second kappa shape index (κ2) is 5.77. The van der Waals surface area contributed by atoms with Crippen LogP contribution in [0.1, 0.15) is 25.7 Å². The Balaban J connectivity index is 1.85. The van der Waals surface area contributed by atoms with Crippen LogP contribution >= 0.6 is 11.8 Å². The van der Waals surface area contributed by atoms with Crippen molar-refractivity contribution < 1.29 is 0 Å². The maximum absolute atomic E-state index is 9.37. The van der Waals surface area contributed by atoms with Gasteiger partial charge >= 0.3 is 0 Å². The van der Waals surface area contributed by atoms with Crippen molar-refractivity contribution in [1.29, 1.82) is 5.26 Å². The minimum absolute atomic E-state index is 0.282. The molecule has 1 aromatic rings. The molecule has 2 rings (SSSR count). The predicted octanol–water partition coefficient (Wildman–Crippen LogP) is 2.18. The zero-order valence-electron chi connectivity index (χ0n) is 11.0. The number of nitrogens with one attached hydrogen (secondary N) is 1. The Bertz CT molecular complexity index is 436. The van der Waals surface area contributed by atoms with Crippen LogP contribution in [0.4, 0.5) is 0 Å². The molecule has 1 aromatic heterocycles. The van der Waals surface area contributed by atoms with E-state index in [1.54, 1.807) is 0 Å². The topological polar surface area (TPSA) is 53.6 Å². The molecule has 1 saturated carbocycles. The quantitative estimate of drug-likeness (QED) is 0.828. The Morgan fingerprint density at radius 1 is 1.72 bits per heavy atom. The van der Waals surface area contributed by atoms with Crippen LogP contribution in [0, 0.1) is 17.2 Å². The predicted molar refractivity (Wildman–Crippen MR) is 73.3 cm³/mol. The molecule has 0 saturated heterocycles. The maximum atomic E-state index is 9.37. The van der Waals surface area contributed by atoms with E-state index in [2.05, 4.69) is 16.5 Å². The lowest BCUT2D eigenvalue weighted by Gasteiger charge is -2.28. The summed E-state index contributed by atoms with van der Waals surface area (Å²) in [6.07, 6.45) is 8.35. The molecule has 0 amide bonds. The zero-order valence-corrected chi connectivity index (χ0v) is 11.8. The van der Waals surface area contributed by atoms with Gasteiger partial charge in [0.25, 0.3) is 0 Å². The Morgan fingerprint density at radius 2 is 2.56 bits per heavy atom. The fourth-order valence-electron chi connectivity index (χ4n) is 2.79. The van der Waals surface area contributed by atoms with Gasteiger partial charge in [0.2, 0.25) is 0 Å². The van der Waals surface area contributed by atoms with Gasteiger partial charge in [-0.25, -0.2) is 0 Å². The molecule has 2 unspecified atom stereocenters. The molecule has 4 nitrogen and oxygen atoms in total. The number of hydrogen-bond donors (Lipinski definition) is 1. The van der Waals surface area contributed by atoms with E-state index in [0.29, 0.717) is 5.92 Å². The summed E-state index contributed by atoms with van der Waals surface area (Å²) in [5.74, 6) is 1.54. The standard InChI is InChI=1S/C13H20N4S/c1-15-13(10-14)6-3-4-11(13)5-7-18-12-8-16-17(2)9-12/h8-9,11,15H,3-7H2,1-2H3. The van der Waals surface area contributed by atoms with E-state index in [1.165, 1.54) is 11.3 Å². The van der Waals surface area contributed by atoms with Crippen LogP contribution in [0.3, 0.4) is 0 Å². The van der Waals surface area contributed by atoms with E-state index in [4.69, 9.17) is 0 Å². The first-order valence-corrected chi connectivity index (χ1v) is 7.40. The molecule has 2 atom stereocenters. The van der Waals surface area contributed by atoms with Crippen LogP contribution in [0.5, 0.6) is 0 Å². The molecule has 5 heteroatoms. The van der Waals surface area contributed by atoms with Crippen LogP contribution in [0.25, 0.3) is 0 Å². The summed E-state index contributed by atoms with van der Waals surface area (Å²) in [5, 5.41) is 16.8. The highest BCUT2D eigenvalue weighted by molar-refractivity contribution is 7.99. The molecule has 0 aliphatic heterocycles. The smallest absolute Gasteiger partial charge is 0.109 e. The lowest BCUT2D eigenvalue weighted by molar-refractivity contribution is 0.332. The molecule has 1 aliphatic rings. The average molecular weight is 264 g/mol. The number of hydrogen-bond acceptors (Lipinski definition) is 4. The number of aromatic nitrogens is 2. The summed E-state index contributed by atoms with van der Waals surface area (Å²) < 4.78 is 1.82. The van der Waals surface area contributed by atoms with Crippen molar-refractivity contribution in [3.8, 4) is 6.07 Å². The van der Waals surface area contributed by atoms with Crippen molar-refractivity contribution in [3.05, 3.63) is 12.4 Å². The van der Waals surface area contributed by atoms with Crippen LogP contribution in [-0.4, -0.2) is 28.1 Å². The highest BCUT2D eigenvalue weighted by atomic mass is 32.2. The maximum Gasteiger partial charge on any atom is 0.109 e. The highest BCUT2D eigenvalue weighted by Gasteiger charge is 2.41. The molecule has 0 spiro atoms. The molecule has 18 heavy (non-hydrogen) atoms. The molecule has 0 aromatic carbocycles. The largest absolute Gasteiger partial charge is 0.302 e. The third kappa shape index (κ3) is 2.70. The number of thioether (sulfide) groups is 1. The molecule has 1 fully saturated rings. The van der Waals surface area contributed by atoms with E-state index in [9.17, 15) is 5.26 Å². The molecular weight excluding hydrogens is 244 g/mol. The van der Waals surface area contributed by atoms with Crippen LogP contribution in [0.2, 0.25) is 0 Å². The Labute approximate surface area is 113 Å². The van der Waals surface area contributed by atoms with E-state index in [0.717, 1.165) is 25.0 Å². The Morgan fingerprint density at radius 3 is 3.17 bits per heavy atom. The first-order valence-electron chi connectivity index (χ1n) is 6.42. The molecule has 98 valence electrons. The molecule has 1 heterocycles. The molecule has 0 radical (unpaired) electrons. The highest BCUT2D eigenvalue weighted by Crippen LogP contribution is 2.38. The lowest BCUT2D eigenvalue weighted by atomic mass is 9.87. The summed E-state index contributed by atoms with van der Waals surface area (Å²) in [6, 6.07) is 2.49. The fourth-order valence-corrected chi connectivity index (χ4v) is 3.78. The summed E-state index contributed by atoms with van der Waals surface area (Å²) in [6.45, 7) is 0.